The molecule has 1 unspecified atom stereocenters. The highest BCUT2D eigenvalue weighted by Gasteiger charge is 2.25. The summed E-state index contributed by atoms with van der Waals surface area (Å²) in [5.41, 5.74) is 1.86. The Labute approximate surface area is 74.9 Å². The maximum Gasteiger partial charge on any atom is 0.221 e. The van der Waals surface area contributed by atoms with Crippen molar-refractivity contribution < 1.29 is 4.39 Å². The number of nitrogens with zero attached hydrogens (tertiary/aromatic N) is 1. The minimum Gasteiger partial charge on any atom is -0.268 e. The topological polar surface area (TPSA) is 12.4 Å². The maximum atomic E-state index is 13.2. The van der Waals surface area contributed by atoms with Gasteiger partial charge in [0.05, 0.1) is 0 Å². The van der Waals surface area contributed by atoms with Crippen LogP contribution in [0.2, 0.25) is 0 Å². The Balaban J connectivity index is 2.40. The second-order valence-electron chi connectivity index (χ2n) is 2.80. The molecule has 2 aliphatic rings. The first-order chi connectivity index (χ1) is 5.67. The van der Waals surface area contributed by atoms with Gasteiger partial charge in [0.1, 0.15) is 0 Å². The van der Waals surface area contributed by atoms with Crippen LogP contribution in [0, 0.1) is 0 Å². The highest BCUT2D eigenvalue weighted by molar-refractivity contribution is 6.25. The Kier molecular flexibility index (Phi) is 1.65. The fourth-order valence-corrected chi connectivity index (χ4v) is 1.45. The SMILES string of the molecule is FC1(Cl)C=CC2=CN=CCC2=C1. The first-order valence-electron chi connectivity index (χ1n) is 3.68. The van der Waals surface area contributed by atoms with Gasteiger partial charge < -0.3 is 0 Å². The van der Waals surface area contributed by atoms with E-state index in [2.05, 4.69) is 4.99 Å². The molecular formula is C9H7ClFN. The van der Waals surface area contributed by atoms with Crippen molar-refractivity contribution >= 4 is 17.8 Å². The molecule has 0 aromatic heterocycles. The number of halogens is 2. The van der Waals surface area contributed by atoms with Gasteiger partial charge in [-0.1, -0.05) is 17.7 Å². The fraction of sp³-hybridized carbons (Fsp3) is 0.222. The van der Waals surface area contributed by atoms with E-state index in [4.69, 9.17) is 11.6 Å². The Hall–Kier alpha value is -0.890. The molecule has 1 atom stereocenters. The summed E-state index contributed by atoms with van der Waals surface area (Å²) in [6.07, 6.45) is 8.52. The number of hydrogen-bond acceptors (Lipinski definition) is 1. The molecule has 12 heavy (non-hydrogen) atoms. The minimum atomic E-state index is -1.81. The fourth-order valence-electron chi connectivity index (χ4n) is 1.26. The molecule has 0 amide bonds. The van der Waals surface area contributed by atoms with Crippen LogP contribution < -0.4 is 0 Å². The van der Waals surface area contributed by atoms with Crippen LogP contribution in [-0.2, 0) is 0 Å². The van der Waals surface area contributed by atoms with Gasteiger partial charge in [0.15, 0.2) is 0 Å². The van der Waals surface area contributed by atoms with Crippen LogP contribution in [0.5, 0.6) is 0 Å². The summed E-state index contributed by atoms with van der Waals surface area (Å²) < 4.78 is 13.2. The number of allylic oxidation sites excluding steroid dienone is 5. The van der Waals surface area contributed by atoms with E-state index < -0.39 is 5.13 Å². The van der Waals surface area contributed by atoms with Crippen molar-refractivity contribution in [3.05, 3.63) is 35.6 Å². The quantitative estimate of drug-likeness (QED) is 0.512. The van der Waals surface area contributed by atoms with Crippen molar-refractivity contribution in [3.8, 4) is 0 Å². The van der Waals surface area contributed by atoms with E-state index in [-0.39, 0.29) is 0 Å². The van der Waals surface area contributed by atoms with Gasteiger partial charge in [-0.25, -0.2) is 4.39 Å². The first-order valence-corrected chi connectivity index (χ1v) is 4.06. The molecule has 0 spiro atoms. The van der Waals surface area contributed by atoms with Gasteiger partial charge in [-0.15, -0.1) is 0 Å². The third-order valence-electron chi connectivity index (χ3n) is 1.85. The zero-order chi connectivity index (χ0) is 8.60. The third-order valence-corrected chi connectivity index (χ3v) is 2.09. The van der Waals surface area contributed by atoms with Crippen LogP contribution in [0.1, 0.15) is 6.42 Å². The first kappa shape index (κ1) is 7.74. The van der Waals surface area contributed by atoms with Gasteiger partial charge in [0.25, 0.3) is 0 Å². The standard InChI is InChI=1S/C9H7ClFN/c10-9(11)3-1-8-6-12-4-2-7(8)5-9/h1,3-6H,2H2. The predicted molar refractivity (Wildman–Crippen MR) is 48.1 cm³/mol. The number of hydrogen-bond donors (Lipinski definition) is 0. The summed E-state index contributed by atoms with van der Waals surface area (Å²) in [6, 6.07) is 0. The highest BCUT2D eigenvalue weighted by Crippen LogP contribution is 2.32. The van der Waals surface area contributed by atoms with Crippen LogP contribution >= 0.6 is 11.6 Å². The summed E-state index contributed by atoms with van der Waals surface area (Å²) in [4.78, 5) is 3.96. The molecule has 0 aromatic rings. The Morgan fingerprint density at radius 1 is 1.58 bits per heavy atom. The molecule has 3 heteroatoms. The lowest BCUT2D eigenvalue weighted by Crippen LogP contribution is -2.12. The van der Waals surface area contributed by atoms with E-state index in [1.165, 1.54) is 12.2 Å². The smallest absolute Gasteiger partial charge is 0.221 e. The second-order valence-corrected chi connectivity index (χ2v) is 3.38. The van der Waals surface area contributed by atoms with Gasteiger partial charge in [-0.2, -0.15) is 0 Å². The summed E-state index contributed by atoms with van der Waals surface area (Å²) in [6.45, 7) is 0. The van der Waals surface area contributed by atoms with Crippen LogP contribution in [-0.4, -0.2) is 11.3 Å². The monoisotopic (exact) mass is 183 g/mol. The van der Waals surface area contributed by atoms with E-state index >= 15 is 0 Å². The average Bonchev–Trinajstić information content (AvgIpc) is 2.02. The second kappa shape index (κ2) is 2.56. The Morgan fingerprint density at radius 2 is 2.42 bits per heavy atom. The van der Waals surface area contributed by atoms with E-state index in [0.717, 1.165) is 11.1 Å². The van der Waals surface area contributed by atoms with Crippen molar-refractivity contribution in [1.29, 1.82) is 0 Å². The summed E-state index contributed by atoms with van der Waals surface area (Å²) in [5, 5.41) is -1.81. The van der Waals surface area contributed by atoms with Crippen molar-refractivity contribution in [2.75, 3.05) is 0 Å². The lowest BCUT2D eigenvalue weighted by molar-refractivity contribution is 0.413. The third kappa shape index (κ3) is 1.34. The molecule has 0 radical (unpaired) electrons. The van der Waals surface area contributed by atoms with Crippen LogP contribution in [0.4, 0.5) is 4.39 Å². The molecule has 0 saturated heterocycles. The van der Waals surface area contributed by atoms with E-state index in [9.17, 15) is 4.39 Å². The zero-order valence-electron chi connectivity index (χ0n) is 6.30. The number of aliphatic imine (C=N–C) groups is 1. The lowest BCUT2D eigenvalue weighted by Gasteiger charge is -2.19. The van der Waals surface area contributed by atoms with Crippen LogP contribution in [0.3, 0.4) is 0 Å². The molecule has 0 fully saturated rings. The van der Waals surface area contributed by atoms with Gasteiger partial charge in [0, 0.05) is 18.8 Å². The van der Waals surface area contributed by atoms with Crippen LogP contribution in [0.15, 0.2) is 40.6 Å². The molecular weight excluding hydrogens is 177 g/mol. The van der Waals surface area contributed by atoms with E-state index in [0.29, 0.717) is 6.42 Å². The van der Waals surface area contributed by atoms with Crippen molar-refractivity contribution in [3.63, 3.8) is 0 Å². The number of fused-ring (bicyclic) bond motifs is 1. The summed E-state index contributed by atoms with van der Waals surface area (Å²) in [5.74, 6) is 0. The molecule has 0 aromatic carbocycles. The summed E-state index contributed by atoms with van der Waals surface area (Å²) in [7, 11) is 0. The normalized spacial score (nSPS) is 32.5. The van der Waals surface area contributed by atoms with Gasteiger partial charge >= 0.3 is 0 Å². The molecule has 1 nitrogen and oxygen atoms in total. The van der Waals surface area contributed by atoms with Gasteiger partial charge in [-0.3, -0.25) is 4.99 Å². The molecule has 0 bridgehead atoms. The Bertz CT molecular complexity index is 323. The van der Waals surface area contributed by atoms with Crippen LogP contribution in [0.25, 0.3) is 0 Å². The van der Waals surface area contributed by atoms with Crippen molar-refractivity contribution in [2.24, 2.45) is 4.99 Å². The van der Waals surface area contributed by atoms with Gasteiger partial charge in [-0.05, 0) is 23.3 Å². The minimum absolute atomic E-state index is 0.661. The summed E-state index contributed by atoms with van der Waals surface area (Å²) >= 11 is 5.49. The van der Waals surface area contributed by atoms with E-state index in [1.807, 2.05) is 0 Å². The lowest BCUT2D eigenvalue weighted by atomic mass is 9.96. The zero-order valence-corrected chi connectivity index (χ0v) is 7.05. The molecule has 1 heterocycles. The number of rotatable bonds is 0. The molecule has 0 saturated carbocycles. The largest absolute Gasteiger partial charge is 0.268 e. The number of alkyl halides is 2. The molecule has 1 aliphatic heterocycles. The van der Waals surface area contributed by atoms with Gasteiger partial charge in [0.2, 0.25) is 5.13 Å². The Morgan fingerprint density at radius 3 is 3.25 bits per heavy atom. The molecule has 2 rings (SSSR count). The van der Waals surface area contributed by atoms with Crippen molar-refractivity contribution in [1.82, 2.24) is 0 Å². The maximum absolute atomic E-state index is 13.2. The average molecular weight is 184 g/mol. The highest BCUT2D eigenvalue weighted by atomic mass is 35.5. The van der Waals surface area contributed by atoms with Crippen molar-refractivity contribution in [2.45, 2.75) is 11.5 Å². The van der Waals surface area contributed by atoms with E-state index in [1.54, 1.807) is 18.5 Å². The molecule has 1 aliphatic carbocycles. The molecule has 62 valence electrons. The molecule has 0 N–H and O–H groups in total. The predicted octanol–water partition coefficient (Wildman–Crippen LogP) is 2.75.